The highest BCUT2D eigenvalue weighted by Gasteiger charge is 2.03. The topological polar surface area (TPSA) is 29.5 Å². The number of methoxy groups -OCH3 is 1. The third kappa shape index (κ3) is 1.60. The van der Waals surface area contributed by atoms with Gasteiger partial charge < -0.3 is 9.84 Å². The van der Waals surface area contributed by atoms with Crippen molar-refractivity contribution in [2.45, 2.75) is 11.8 Å². The zero-order valence-corrected chi connectivity index (χ0v) is 7.35. The molecule has 0 aliphatic rings. The number of ether oxygens (including phenoxy) is 1. The third-order valence-corrected chi connectivity index (χ3v) is 1.80. The first kappa shape index (κ1) is 8.27. The molecule has 1 aromatic carbocycles. The number of phenolic OH excluding ortho intramolecular Hbond substituents is 1. The molecule has 0 saturated carbocycles. The van der Waals surface area contributed by atoms with E-state index in [1.54, 1.807) is 26.2 Å². The number of phenols is 1. The van der Waals surface area contributed by atoms with Crippen LogP contribution in [0.15, 0.2) is 17.0 Å². The molecular weight excluding hydrogens is 160 g/mol. The van der Waals surface area contributed by atoms with Gasteiger partial charge in [0.2, 0.25) is 0 Å². The minimum absolute atomic E-state index is 0.217. The average Bonchev–Trinajstić information content (AvgIpc) is 1.96. The van der Waals surface area contributed by atoms with Gasteiger partial charge in [-0.15, -0.1) is 12.6 Å². The highest BCUT2D eigenvalue weighted by atomic mass is 32.1. The Kier molecular flexibility index (Phi) is 2.29. The lowest BCUT2D eigenvalue weighted by Crippen LogP contribution is -1.87. The molecular formula is C8H10O2S. The van der Waals surface area contributed by atoms with Crippen LogP contribution in [-0.4, -0.2) is 12.2 Å². The summed E-state index contributed by atoms with van der Waals surface area (Å²) < 4.78 is 5.00. The lowest BCUT2D eigenvalue weighted by Gasteiger charge is -2.06. The van der Waals surface area contributed by atoms with E-state index in [4.69, 9.17) is 4.74 Å². The molecule has 2 nitrogen and oxygen atoms in total. The van der Waals surface area contributed by atoms with E-state index < -0.39 is 0 Å². The van der Waals surface area contributed by atoms with Gasteiger partial charge in [0.25, 0.3) is 0 Å². The summed E-state index contributed by atoms with van der Waals surface area (Å²) in [5.41, 5.74) is 0.741. The minimum atomic E-state index is 0.217. The van der Waals surface area contributed by atoms with Gasteiger partial charge in [-0.05, 0) is 19.1 Å². The van der Waals surface area contributed by atoms with E-state index >= 15 is 0 Å². The molecule has 11 heavy (non-hydrogen) atoms. The normalized spacial score (nSPS) is 9.73. The Labute approximate surface area is 71.2 Å². The van der Waals surface area contributed by atoms with E-state index in [0.717, 1.165) is 5.56 Å². The van der Waals surface area contributed by atoms with Crippen molar-refractivity contribution in [2.24, 2.45) is 0 Å². The Morgan fingerprint density at radius 1 is 1.45 bits per heavy atom. The zero-order valence-electron chi connectivity index (χ0n) is 6.46. The minimum Gasteiger partial charge on any atom is -0.508 e. The third-order valence-electron chi connectivity index (χ3n) is 1.54. The summed E-state index contributed by atoms with van der Waals surface area (Å²) in [6.07, 6.45) is 0. The van der Waals surface area contributed by atoms with Gasteiger partial charge in [0.05, 0.1) is 7.11 Å². The quantitative estimate of drug-likeness (QED) is 0.631. The first-order valence-electron chi connectivity index (χ1n) is 3.21. The maximum absolute atomic E-state index is 9.28. The van der Waals surface area contributed by atoms with Crippen LogP contribution < -0.4 is 4.74 Å². The molecule has 0 amide bonds. The molecule has 0 saturated heterocycles. The van der Waals surface area contributed by atoms with Crippen LogP contribution in [0, 0.1) is 6.92 Å². The lowest BCUT2D eigenvalue weighted by molar-refractivity contribution is 0.401. The number of hydrogen-bond donors (Lipinski definition) is 2. The van der Waals surface area contributed by atoms with Crippen molar-refractivity contribution in [3.05, 3.63) is 17.7 Å². The summed E-state index contributed by atoms with van der Waals surface area (Å²) >= 11 is 4.09. The van der Waals surface area contributed by atoms with Crippen molar-refractivity contribution in [1.29, 1.82) is 0 Å². The van der Waals surface area contributed by atoms with E-state index in [1.807, 2.05) is 0 Å². The molecule has 0 spiro atoms. The second-order valence-corrected chi connectivity index (χ2v) is 2.81. The summed E-state index contributed by atoms with van der Waals surface area (Å²) in [6, 6.07) is 3.35. The van der Waals surface area contributed by atoms with E-state index in [0.29, 0.717) is 10.6 Å². The van der Waals surface area contributed by atoms with Gasteiger partial charge in [0, 0.05) is 10.5 Å². The van der Waals surface area contributed by atoms with Gasteiger partial charge in [-0.25, -0.2) is 0 Å². The number of aromatic hydroxyl groups is 1. The van der Waals surface area contributed by atoms with Crippen molar-refractivity contribution >= 4 is 12.6 Å². The predicted molar refractivity (Wildman–Crippen MR) is 46.6 cm³/mol. The SMILES string of the molecule is COc1cc(S)cc(O)c1C. The largest absolute Gasteiger partial charge is 0.508 e. The molecule has 0 aliphatic heterocycles. The van der Waals surface area contributed by atoms with Crippen molar-refractivity contribution in [3.63, 3.8) is 0 Å². The first-order valence-corrected chi connectivity index (χ1v) is 3.66. The molecule has 0 radical (unpaired) electrons. The molecule has 1 N–H and O–H groups in total. The van der Waals surface area contributed by atoms with Gasteiger partial charge in [-0.3, -0.25) is 0 Å². The molecule has 0 unspecified atom stereocenters. The van der Waals surface area contributed by atoms with E-state index in [2.05, 4.69) is 12.6 Å². The Morgan fingerprint density at radius 2 is 2.09 bits per heavy atom. The summed E-state index contributed by atoms with van der Waals surface area (Å²) in [5, 5.41) is 9.28. The van der Waals surface area contributed by atoms with Gasteiger partial charge in [0.15, 0.2) is 0 Å². The number of benzene rings is 1. The molecule has 0 aromatic heterocycles. The Bertz CT molecular complexity index is 271. The van der Waals surface area contributed by atoms with E-state index in [9.17, 15) is 5.11 Å². The summed E-state index contributed by atoms with van der Waals surface area (Å²) in [4.78, 5) is 0.699. The van der Waals surface area contributed by atoms with Crippen molar-refractivity contribution in [3.8, 4) is 11.5 Å². The van der Waals surface area contributed by atoms with Gasteiger partial charge >= 0.3 is 0 Å². The Hall–Kier alpha value is -0.830. The molecule has 3 heteroatoms. The summed E-state index contributed by atoms with van der Waals surface area (Å²) in [5.74, 6) is 0.879. The smallest absolute Gasteiger partial charge is 0.126 e. The standard InChI is InChI=1S/C8H10O2S/c1-5-7(9)3-6(11)4-8(5)10-2/h3-4,9,11H,1-2H3. The Morgan fingerprint density at radius 3 is 2.64 bits per heavy atom. The highest BCUT2D eigenvalue weighted by molar-refractivity contribution is 7.80. The molecule has 60 valence electrons. The predicted octanol–water partition coefficient (Wildman–Crippen LogP) is 2.00. The van der Waals surface area contributed by atoms with Crippen LogP contribution in [0.25, 0.3) is 0 Å². The zero-order chi connectivity index (χ0) is 8.43. The van der Waals surface area contributed by atoms with Gasteiger partial charge in [0.1, 0.15) is 11.5 Å². The number of hydrogen-bond acceptors (Lipinski definition) is 3. The molecule has 0 bridgehead atoms. The van der Waals surface area contributed by atoms with Crippen LogP contribution in [0.2, 0.25) is 0 Å². The molecule has 0 fully saturated rings. The Balaban J connectivity index is 3.24. The number of rotatable bonds is 1. The molecule has 1 rings (SSSR count). The van der Waals surface area contributed by atoms with Crippen molar-refractivity contribution in [1.82, 2.24) is 0 Å². The fraction of sp³-hybridized carbons (Fsp3) is 0.250. The molecule has 0 aliphatic carbocycles. The molecule has 0 atom stereocenters. The average molecular weight is 170 g/mol. The second kappa shape index (κ2) is 3.05. The van der Waals surface area contributed by atoms with E-state index in [1.165, 1.54) is 0 Å². The van der Waals surface area contributed by atoms with Crippen molar-refractivity contribution in [2.75, 3.05) is 7.11 Å². The van der Waals surface area contributed by atoms with Crippen LogP contribution in [0.5, 0.6) is 11.5 Å². The van der Waals surface area contributed by atoms with Crippen LogP contribution in [-0.2, 0) is 0 Å². The van der Waals surface area contributed by atoms with Gasteiger partial charge in [-0.2, -0.15) is 0 Å². The monoisotopic (exact) mass is 170 g/mol. The number of thiol groups is 1. The highest BCUT2D eigenvalue weighted by Crippen LogP contribution is 2.29. The van der Waals surface area contributed by atoms with Crippen LogP contribution in [0.4, 0.5) is 0 Å². The van der Waals surface area contributed by atoms with Crippen LogP contribution in [0.3, 0.4) is 0 Å². The maximum Gasteiger partial charge on any atom is 0.126 e. The molecule has 0 heterocycles. The fourth-order valence-electron chi connectivity index (χ4n) is 0.871. The fourth-order valence-corrected chi connectivity index (χ4v) is 1.11. The first-order chi connectivity index (χ1) is 5.15. The molecule has 1 aromatic rings. The van der Waals surface area contributed by atoms with E-state index in [-0.39, 0.29) is 5.75 Å². The van der Waals surface area contributed by atoms with Crippen LogP contribution in [0.1, 0.15) is 5.56 Å². The summed E-state index contributed by atoms with van der Waals surface area (Å²) in [6.45, 7) is 1.79. The second-order valence-electron chi connectivity index (χ2n) is 2.29. The van der Waals surface area contributed by atoms with Crippen molar-refractivity contribution < 1.29 is 9.84 Å². The van der Waals surface area contributed by atoms with Gasteiger partial charge in [-0.1, -0.05) is 0 Å². The summed E-state index contributed by atoms with van der Waals surface area (Å²) in [7, 11) is 1.56. The van der Waals surface area contributed by atoms with Crippen LogP contribution >= 0.6 is 12.6 Å². The lowest BCUT2D eigenvalue weighted by atomic mass is 10.2. The maximum atomic E-state index is 9.28.